The average molecular weight is 424 g/mol. The summed E-state index contributed by atoms with van der Waals surface area (Å²) in [6.45, 7) is 2.24. The Morgan fingerprint density at radius 1 is 1.10 bits per heavy atom. The quantitative estimate of drug-likeness (QED) is 0.823. The topological polar surface area (TPSA) is 69.7 Å². The van der Waals surface area contributed by atoms with Gasteiger partial charge in [0.1, 0.15) is 6.04 Å². The Morgan fingerprint density at radius 3 is 2.53 bits per heavy atom. The fourth-order valence-electron chi connectivity index (χ4n) is 4.14. The van der Waals surface area contributed by atoms with Crippen molar-refractivity contribution in [2.24, 2.45) is 0 Å². The van der Waals surface area contributed by atoms with E-state index in [1.807, 2.05) is 30.3 Å². The molecule has 0 spiro atoms. The van der Waals surface area contributed by atoms with E-state index in [2.05, 4.69) is 5.32 Å². The fourth-order valence-corrected chi connectivity index (χ4v) is 4.38. The van der Waals surface area contributed by atoms with Crippen molar-refractivity contribution in [1.29, 1.82) is 0 Å². The second kappa shape index (κ2) is 8.32. The summed E-state index contributed by atoms with van der Waals surface area (Å²) in [5.41, 5.74) is 2.49. The lowest BCUT2D eigenvalue weighted by atomic mass is 9.92. The molecule has 2 aliphatic rings. The van der Waals surface area contributed by atoms with E-state index in [1.165, 1.54) is 6.92 Å². The van der Waals surface area contributed by atoms with Crippen molar-refractivity contribution >= 4 is 35.4 Å². The third kappa shape index (κ3) is 3.71. The van der Waals surface area contributed by atoms with Crippen molar-refractivity contribution < 1.29 is 14.4 Å². The van der Waals surface area contributed by atoms with E-state index in [9.17, 15) is 14.4 Å². The molecule has 1 N–H and O–H groups in total. The van der Waals surface area contributed by atoms with Gasteiger partial charge < -0.3 is 15.1 Å². The Balaban J connectivity index is 1.66. The third-order valence-electron chi connectivity index (χ3n) is 5.57. The monoisotopic (exact) mass is 423 g/mol. The number of fused-ring (bicyclic) bond motifs is 1. The van der Waals surface area contributed by atoms with Crippen LogP contribution in [0.5, 0.6) is 0 Å². The first-order valence-electron chi connectivity index (χ1n) is 9.85. The van der Waals surface area contributed by atoms with Gasteiger partial charge in [-0.15, -0.1) is 0 Å². The third-order valence-corrected chi connectivity index (χ3v) is 5.91. The smallest absolute Gasteiger partial charge is 0.247 e. The van der Waals surface area contributed by atoms with Crippen LogP contribution < -0.4 is 5.32 Å². The minimum atomic E-state index is -0.792. The van der Waals surface area contributed by atoms with Gasteiger partial charge in [-0.25, -0.2) is 0 Å². The molecule has 2 aromatic carbocycles. The zero-order valence-corrected chi connectivity index (χ0v) is 17.3. The summed E-state index contributed by atoms with van der Waals surface area (Å²) >= 11 is 6.34. The van der Waals surface area contributed by atoms with Gasteiger partial charge in [-0.2, -0.15) is 0 Å². The summed E-state index contributed by atoms with van der Waals surface area (Å²) in [5.74, 6) is -0.594. The normalized spacial score (nSPS) is 20.5. The van der Waals surface area contributed by atoms with Crippen LogP contribution in [0.2, 0.25) is 5.02 Å². The molecule has 0 aliphatic carbocycles. The highest BCUT2D eigenvalue weighted by atomic mass is 35.5. The molecule has 1 fully saturated rings. The number of hydrogen-bond donors (Lipinski definition) is 1. The Bertz CT molecular complexity index is 1040. The van der Waals surface area contributed by atoms with Crippen LogP contribution in [-0.4, -0.2) is 40.6 Å². The predicted octanol–water partition coefficient (Wildman–Crippen LogP) is 3.30. The van der Waals surface area contributed by atoms with Gasteiger partial charge in [0.2, 0.25) is 17.7 Å². The Hall–Kier alpha value is -3.12. The zero-order chi connectivity index (χ0) is 21.3. The number of nitrogens with zero attached hydrogens (tertiary/aromatic N) is 2. The van der Waals surface area contributed by atoms with Crippen LogP contribution in [0.25, 0.3) is 6.08 Å². The number of carbonyl (C=O) groups is 3. The molecule has 30 heavy (non-hydrogen) atoms. The molecule has 154 valence electrons. The molecule has 0 unspecified atom stereocenters. The van der Waals surface area contributed by atoms with E-state index in [0.717, 1.165) is 11.1 Å². The predicted molar refractivity (Wildman–Crippen MR) is 114 cm³/mol. The van der Waals surface area contributed by atoms with Gasteiger partial charge in [0, 0.05) is 36.8 Å². The molecule has 0 bridgehead atoms. The molecule has 2 aliphatic heterocycles. The van der Waals surface area contributed by atoms with Crippen LogP contribution in [0.15, 0.2) is 54.7 Å². The first-order valence-corrected chi connectivity index (χ1v) is 10.2. The maximum atomic E-state index is 13.4. The molecular formula is C23H22ClN3O3. The lowest BCUT2D eigenvalue weighted by Crippen LogP contribution is -2.52. The van der Waals surface area contributed by atoms with Crippen LogP contribution in [-0.2, 0) is 14.4 Å². The minimum Gasteiger partial charge on any atom is -0.352 e. The molecule has 4 rings (SSSR count). The number of halogens is 1. The van der Waals surface area contributed by atoms with Crippen molar-refractivity contribution in [2.75, 3.05) is 13.1 Å². The molecule has 2 atom stereocenters. The summed E-state index contributed by atoms with van der Waals surface area (Å²) < 4.78 is 0. The van der Waals surface area contributed by atoms with Gasteiger partial charge in [0.15, 0.2) is 0 Å². The minimum absolute atomic E-state index is 0.0785. The highest BCUT2D eigenvalue weighted by molar-refractivity contribution is 6.31. The summed E-state index contributed by atoms with van der Waals surface area (Å²) in [4.78, 5) is 41.5. The number of hydrogen-bond acceptors (Lipinski definition) is 3. The second-order valence-corrected chi connectivity index (χ2v) is 7.80. The average Bonchev–Trinajstić information content (AvgIpc) is 2.74. The molecule has 2 aromatic rings. The van der Waals surface area contributed by atoms with E-state index in [4.69, 9.17) is 11.6 Å². The van der Waals surface area contributed by atoms with Gasteiger partial charge >= 0.3 is 0 Å². The van der Waals surface area contributed by atoms with Gasteiger partial charge in [-0.1, -0.05) is 54.1 Å². The van der Waals surface area contributed by atoms with Crippen molar-refractivity contribution in [3.05, 3.63) is 76.4 Å². The van der Waals surface area contributed by atoms with Gasteiger partial charge in [-0.05, 0) is 23.3 Å². The summed E-state index contributed by atoms with van der Waals surface area (Å²) in [6, 6.07) is 13.6. The molecule has 3 amide bonds. The van der Waals surface area contributed by atoms with Crippen molar-refractivity contribution in [3.63, 3.8) is 0 Å². The largest absolute Gasteiger partial charge is 0.352 e. The van der Waals surface area contributed by atoms with Crippen LogP contribution in [0.4, 0.5) is 0 Å². The van der Waals surface area contributed by atoms with E-state index < -0.39 is 12.1 Å². The molecule has 7 heteroatoms. The molecule has 0 aromatic heterocycles. The molecular weight excluding hydrogens is 402 g/mol. The maximum Gasteiger partial charge on any atom is 0.247 e. The van der Waals surface area contributed by atoms with Crippen LogP contribution >= 0.6 is 11.6 Å². The Morgan fingerprint density at radius 2 is 1.80 bits per heavy atom. The van der Waals surface area contributed by atoms with Crippen LogP contribution in [0.1, 0.15) is 42.1 Å². The Labute approximate surface area is 180 Å². The molecule has 1 saturated heterocycles. The molecule has 6 nitrogen and oxygen atoms in total. The van der Waals surface area contributed by atoms with Crippen LogP contribution in [0, 0.1) is 0 Å². The number of rotatable bonds is 3. The van der Waals surface area contributed by atoms with E-state index in [-0.39, 0.29) is 24.1 Å². The van der Waals surface area contributed by atoms with E-state index in [0.29, 0.717) is 23.7 Å². The van der Waals surface area contributed by atoms with E-state index >= 15 is 0 Å². The van der Waals surface area contributed by atoms with Crippen molar-refractivity contribution in [3.8, 4) is 0 Å². The lowest BCUT2D eigenvalue weighted by Gasteiger charge is -2.38. The first kappa shape index (κ1) is 20.2. The Kier molecular flexibility index (Phi) is 5.59. The van der Waals surface area contributed by atoms with Gasteiger partial charge in [0.25, 0.3) is 0 Å². The van der Waals surface area contributed by atoms with E-state index in [1.54, 1.807) is 40.3 Å². The number of nitrogens with one attached hydrogen (secondary N) is 1. The van der Waals surface area contributed by atoms with Gasteiger partial charge in [0.05, 0.1) is 12.5 Å². The lowest BCUT2D eigenvalue weighted by molar-refractivity contribution is -0.145. The zero-order valence-electron chi connectivity index (χ0n) is 16.5. The summed E-state index contributed by atoms with van der Waals surface area (Å²) in [6.07, 6.45) is 3.67. The highest BCUT2D eigenvalue weighted by Crippen LogP contribution is 2.35. The molecule has 2 heterocycles. The van der Waals surface area contributed by atoms with Crippen molar-refractivity contribution in [2.45, 2.75) is 25.4 Å². The fraction of sp³-hybridized carbons (Fsp3) is 0.261. The highest BCUT2D eigenvalue weighted by Gasteiger charge is 2.38. The van der Waals surface area contributed by atoms with Crippen LogP contribution in [0.3, 0.4) is 0 Å². The number of carbonyl (C=O) groups excluding carboxylic acids is 3. The molecule has 0 saturated carbocycles. The number of piperazine rings is 1. The van der Waals surface area contributed by atoms with Crippen molar-refractivity contribution in [1.82, 2.24) is 15.1 Å². The SMILES string of the molecule is CC(=O)N1C=Cc2ccccc2[C@@H]1CC(=O)N1CCNC(=O)[C@H]1c1ccccc1Cl. The molecule has 0 radical (unpaired) electrons. The maximum absolute atomic E-state index is 13.4. The summed E-state index contributed by atoms with van der Waals surface area (Å²) in [5, 5.41) is 3.26. The van der Waals surface area contributed by atoms with Gasteiger partial charge in [-0.3, -0.25) is 14.4 Å². The number of benzene rings is 2. The summed E-state index contributed by atoms with van der Waals surface area (Å²) in [7, 11) is 0. The second-order valence-electron chi connectivity index (χ2n) is 7.39. The standard InChI is InChI=1S/C23H22ClN3O3/c1-15(28)26-12-10-16-6-2-3-7-17(16)20(26)14-21(29)27-13-11-25-23(30)22(27)18-8-4-5-9-19(18)24/h2-10,12,20,22H,11,13-14H2,1H3,(H,25,30)/t20-,22+/m0/s1. The first-order chi connectivity index (χ1) is 14.5. The number of amides is 3.